The molecule has 0 saturated heterocycles. The van der Waals surface area contributed by atoms with Crippen LogP contribution in [0.2, 0.25) is 0 Å². The van der Waals surface area contributed by atoms with Crippen molar-refractivity contribution >= 4 is 45.6 Å². The molecule has 0 aliphatic carbocycles. The third kappa shape index (κ3) is 3.93. The van der Waals surface area contributed by atoms with Crippen molar-refractivity contribution in [2.75, 3.05) is 6.54 Å². The second-order valence-electron chi connectivity index (χ2n) is 6.23. The van der Waals surface area contributed by atoms with Crippen molar-refractivity contribution in [2.24, 2.45) is 0 Å². The molecule has 0 bridgehead atoms. The number of imide groups is 1. The zero-order valence-electron chi connectivity index (χ0n) is 14.5. The molecule has 3 nitrogen and oxygen atoms in total. The minimum atomic E-state index is -0.135. The van der Waals surface area contributed by atoms with Gasteiger partial charge in [0, 0.05) is 16.3 Å². The second-order valence-corrected chi connectivity index (χ2v) is 8.13. The van der Waals surface area contributed by atoms with Crippen LogP contribution in [0.4, 0.5) is 0 Å². The molecule has 0 aromatic carbocycles. The second kappa shape index (κ2) is 8.59. The molecule has 0 saturated carbocycles. The Labute approximate surface area is 157 Å². The zero-order valence-corrected chi connectivity index (χ0v) is 16.1. The fraction of sp³-hybridized carbons (Fsp3) is 0.400. The van der Waals surface area contributed by atoms with E-state index in [0.717, 1.165) is 22.6 Å². The summed E-state index contributed by atoms with van der Waals surface area (Å²) in [6.45, 7) is 2.72. The maximum absolute atomic E-state index is 12.9. The standard InChI is InChI=1S/C20H23NO2S2/c1-2-3-4-5-6-7-12-21-19(22)17(15-10-8-13-24-15)18(20(21)23)16-11-9-14-25-16/h8-11,13-14H,2-7,12H2,1H3. The first-order valence-corrected chi connectivity index (χ1v) is 10.7. The summed E-state index contributed by atoms with van der Waals surface area (Å²) < 4.78 is 0. The van der Waals surface area contributed by atoms with E-state index in [1.165, 1.54) is 53.3 Å². The van der Waals surface area contributed by atoms with Crippen LogP contribution in [0, 0.1) is 0 Å². The topological polar surface area (TPSA) is 37.4 Å². The first-order chi connectivity index (χ1) is 12.2. The van der Waals surface area contributed by atoms with Crippen LogP contribution in [-0.2, 0) is 9.59 Å². The van der Waals surface area contributed by atoms with E-state index in [-0.39, 0.29) is 11.8 Å². The van der Waals surface area contributed by atoms with Crippen LogP contribution >= 0.6 is 22.7 Å². The van der Waals surface area contributed by atoms with E-state index >= 15 is 0 Å². The summed E-state index contributed by atoms with van der Waals surface area (Å²) in [5.41, 5.74) is 1.15. The van der Waals surface area contributed by atoms with Crippen molar-refractivity contribution in [3.05, 3.63) is 44.8 Å². The van der Waals surface area contributed by atoms with E-state index in [1.807, 2.05) is 35.0 Å². The lowest BCUT2D eigenvalue weighted by molar-refractivity contribution is -0.136. The molecule has 1 aliphatic heterocycles. The van der Waals surface area contributed by atoms with Gasteiger partial charge in [0.25, 0.3) is 11.8 Å². The Balaban J connectivity index is 1.75. The molecule has 2 aromatic rings. The summed E-state index contributed by atoms with van der Waals surface area (Å²) in [5.74, 6) is -0.270. The molecule has 0 fully saturated rings. The number of hydrogen-bond donors (Lipinski definition) is 0. The monoisotopic (exact) mass is 373 g/mol. The van der Waals surface area contributed by atoms with Gasteiger partial charge in [-0.3, -0.25) is 14.5 Å². The molecule has 5 heteroatoms. The van der Waals surface area contributed by atoms with Crippen LogP contribution in [0.25, 0.3) is 11.1 Å². The van der Waals surface area contributed by atoms with Gasteiger partial charge in [-0.25, -0.2) is 0 Å². The summed E-state index contributed by atoms with van der Waals surface area (Å²) in [4.78, 5) is 29.1. The molecule has 0 atom stereocenters. The molecule has 0 N–H and O–H groups in total. The van der Waals surface area contributed by atoms with Gasteiger partial charge in [-0.2, -0.15) is 0 Å². The summed E-state index contributed by atoms with van der Waals surface area (Å²) in [6, 6.07) is 7.69. The average molecular weight is 374 g/mol. The first-order valence-electron chi connectivity index (χ1n) is 8.92. The predicted octanol–water partition coefficient (Wildman–Crippen LogP) is 5.45. The largest absolute Gasteiger partial charge is 0.274 e. The third-order valence-electron chi connectivity index (χ3n) is 4.44. The number of carbonyl (C=O) groups is 2. The lowest BCUT2D eigenvalue weighted by Gasteiger charge is -2.14. The van der Waals surface area contributed by atoms with Crippen molar-refractivity contribution in [3.63, 3.8) is 0 Å². The maximum atomic E-state index is 12.9. The molecule has 0 spiro atoms. The van der Waals surface area contributed by atoms with E-state index in [1.54, 1.807) is 0 Å². The number of unbranched alkanes of at least 4 members (excludes halogenated alkanes) is 5. The molecule has 25 heavy (non-hydrogen) atoms. The molecule has 2 aromatic heterocycles. The van der Waals surface area contributed by atoms with Crippen molar-refractivity contribution < 1.29 is 9.59 Å². The Morgan fingerprint density at radius 2 is 1.32 bits per heavy atom. The number of thiophene rings is 2. The smallest absolute Gasteiger partial charge is 0.263 e. The number of hydrogen-bond acceptors (Lipinski definition) is 4. The van der Waals surface area contributed by atoms with Crippen molar-refractivity contribution in [1.82, 2.24) is 4.90 Å². The SMILES string of the molecule is CCCCCCCCN1C(=O)C(c2cccs2)=C(c2cccs2)C1=O. The van der Waals surface area contributed by atoms with Gasteiger partial charge in [0.15, 0.2) is 0 Å². The van der Waals surface area contributed by atoms with Crippen LogP contribution in [0.3, 0.4) is 0 Å². The summed E-state index contributed by atoms with van der Waals surface area (Å²) >= 11 is 3.03. The van der Waals surface area contributed by atoms with Crippen molar-refractivity contribution in [2.45, 2.75) is 45.4 Å². The molecule has 1 aliphatic rings. The Morgan fingerprint density at radius 1 is 0.800 bits per heavy atom. The lowest BCUT2D eigenvalue weighted by atomic mass is 10.1. The van der Waals surface area contributed by atoms with Crippen molar-refractivity contribution in [1.29, 1.82) is 0 Å². The first kappa shape index (κ1) is 18.1. The Morgan fingerprint density at radius 3 is 1.80 bits per heavy atom. The van der Waals surface area contributed by atoms with E-state index in [0.29, 0.717) is 17.7 Å². The zero-order chi connectivity index (χ0) is 17.6. The van der Waals surface area contributed by atoms with Gasteiger partial charge in [-0.05, 0) is 29.3 Å². The molecular weight excluding hydrogens is 350 g/mol. The van der Waals surface area contributed by atoms with E-state index in [4.69, 9.17) is 0 Å². The minimum absolute atomic E-state index is 0.135. The summed E-state index contributed by atoms with van der Waals surface area (Å²) in [5, 5.41) is 3.89. The molecule has 3 rings (SSSR count). The molecular formula is C20H23NO2S2. The predicted molar refractivity (Wildman–Crippen MR) is 106 cm³/mol. The number of carbonyl (C=O) groups excluding carboxylic acids is 2. The molecule has 132 valence electrons. The number of nitrogens with zero attached hydrogens (tertiary/aromatic N) is 1. The number of amides is 2. The average Bonchev–Trinajstić information content (AvgIpc) is 3.34. The highest BCUT2D eigenvalue weighted by Gasteiger charge is 2.39. The molecule has 3 heterocycles. The van der Waals surface area contributed by atoms with Crippen LogP contribution < -0.4 is 0 Å². The highest BCUT2D eigenvalue weighted by atomic mass is 32.1. The Bertz CT molecular complexity index is 689. The number of rotatable bonds is 9. The van der Waals surface area contributed by atoms with Gasteiger partial charge in [0.05, 0.1) is 11.1 Å². The van der Waals surface area contributed by atoms with Crippen LogP contribution in [0.1, 0.15) is 55.2 Å². The van der Waals surface area contributed by atoms with E-state index in [2.05, 4.69) is 6.92 Å². The van der Waals surface area contributed by atoms with Crippen molar-refractivity contribution in [3.8, 4) is 0 Å². The highest BCUT2D eigenvalue weighted by Crippen LogP contribution is 2.38. The van der Waals surface area contributed by atoms with Crippen LogP contribution in [0.15, 0.2) is 35.0 Å². The van der Waals surface area contributed by atoms with Gasteiger partial charge < -0.3 is 0 Å². The van der Waals surface area contributed by atoms with Crippen LogP contribution in [-0.4, -0.2) is 23.3 Å². The lowest BCUT2D eigenvalue weighted by Crippen LogP contribution is -2.32. The highest BCUT2D eigenvalue weighted by molar-refractivity contribution is 7.13. The summed E-state index contributed by atoms with van der Waals surface area (Å²) in [6.07, 6.45) is 6.84. The molecule has 0 unspecified atom stereocenters. The quantitative estimate of drug-likeness (QED) is 0.433. The molecule has 0 radical (unpaired) electrons. The van der Waals surface area contributed by atoms with Gasteiger partial charge in [0.1, 0.15) is 0 Å². The maximum Gasteiger partial charge on any atom is 0.263 e. The van der Waals surface area contributed by atoms with E-state index < -0.39 is 0 Å². The Hall–Kier alpha value is -1.72. The van der Waals surface area contributed by atoms with Gasteiger partial charge in [-0.1, -0.05) is 51.2 Å². The minimum Gasteiger partial charge on any atom is -0.274 e. The fourth-order valence-corrected chi connectivity index (χ4v) is 4.66. The van der Waals surface area contributed by atoms with Crippen LogP contribution in [0.5, 0.6) is 0 Å². The molecule has 2 amide bonds. The van der Waals surface area contributed by atoms with Gasteiger partial charge in [0.2, 0.25) is 0 Å². The third-order valence-corrected chi connectivity index (χ3v) is 6.21. The normalized spacial score (nSPS) is 14.8. The van der Waals surface area contributed by atoms with Gasteiger partial charge in [-0.15, -0.1) is 22.7 Å². The summed E-state index contributed by atoms with van der Waals surface area (Å²) in [7, 11) is 0. The van der Waals surface area contributed by atoms with E-state index in [9.17, 15) is 9.59 Å². The fourth-order valence-electron chi connectivity index (χ4n) is 3.13. The van der Waals surface area contributed by atoms with Gasteiger partial charge >= 0.3 is 0 Å². The Kier molecular flexibility index (Phi) is 6.21.